The Bertz CT molecular complexity index is 579. The molecule has 0 spiro atoms. The molecule has 1 saturated carbocycles. The van der Waals surface area contributed by atoms with Crippen LogP contribution in [0.3, 0.4) is 0 Å². The Hall–Kier alpha value is -1.71. The van der Waals surface area contributed by atoms with Gasteiger partial charge in [-0.2, -0.15) is 0 Å². The summed E-state index contributed by atoms with van der Waals surface area (Å²) in [6, 6.07) is 3.53. The van der Waals surface area contributed by atoms with Crippen LogP contribution in [0.4, 0.5) is 8.78 Å². The topological polar surface area (TPSA) is 26.3 Å². The predicted octanol–water partition coefficient (Wildman–Crippen LogP) is 5.27. The number of esters is 1. The van der Waals surface area contributed by atoms with Crippen molar-refractivity contribution in [1.82, 2.24) is 0 Å². The summed E-state index contributed by atoms with van der Waals surface area (Å²) in [6.07, 6.45) is 8.62. The molecule has 0 heterocycles. The molecule has 0 saturated heterocycles. The highest BCUT2D eigenvalue weighted by atomic mass is 19.2. The molecule has 2 nitrogen and oxygen atoms in total. The van der Waals surface area contributed by atoms with Crippen molar-refractivity contribution < 1.29 is 18.3 Å². The Kier molecular flexibility index (Phi) is 5.91. The molecule has 0 aliphatic heterocycles. The Morgan fingerprint density at radius 2 is 2.17 bits per heavy atom. The number of benzene rings is 1. The fourth-order valence-electron chi connectivity index (χ4n) is 3.47. The first-order valence-corrected chi connectivity index (χ1v) is 8.30. The van der Waals surface area contributed by atoms with Crippen molar-refractivity contribution in [2.24, 2.45) is 5.92 Å². The number of rotatable bonds is 5. The molecule has 0 N–H and O–H groups in total. The predicted molar refractivity (Wildman–Crippen MR) is 86.8 cm³/mol. The van der Waals surface area contributed by atoms with E-state index in [2.05, 4.69) is 13.8 Å². The summed E-state index contributed by atoms with van der Waals surface area (Å²) >= 11 is 0. The maximum absolute atomic E-state index is 13.2. The van der Waals surface area contributed by atoms with Gasteiger partial charge in [-0.1, -0.05) is 32.8 Å². The molecule has 1 aliphatic rings. The third-order valence-corrected chi connectivity index (χ3v) is 4.43. The second kappa shape index (κ2) is 7.71. The van der Waals surface area contributed by atoms with Gasteiger partial charge in [-0.15, -0.1) is 0 Å². The van der Waals surface area contributed by atoms with Gasteiger partial charge in [0.05, 0.1) is 0 Å². The maximum Gasteiger partial charge on any atom is 0.331 e. The SMILES string of the molecule is CCCC1(OC(=O)C=Cc2ccc(F)c(F)c2)CCCC(C)C1. The van der Waals surface area contributed by atoms with E-state index in [1.165, 1.54) is 24.6 Å². The van der Waals surface area contributed by atoms with Crippen LogP contribution in [0.2, 0.25) is 0 Å². The van der Waals surface area contributed by atoms with Crippen LogP contribution >= 0.6 is 0 Å². The number of hydrogen-bond donors (Lipinski definition) is 0. The van der Waals surface area contributed by atoms with Crippen LogP contribution in [-0.2, 0) is 9.53 Å². The number of carbonyl (C=O) groups excluding carboxylic acids is 1. The molecular weight excluding hydrogens is 298 g/mol. The highest BCUT2D eigenvalue weighted by Crippen LogP contribution is 2.38. The minimum Gasteiger partial charge on any atom is -0.456 e. The first-order valence-electron chi connectivity index (χ1n) is 8.30. The van der Waals surface area contributed by atoms with Gasteiger partial charge < -0.3 is 4.74 Å². The highest BCUT2D eigenvalue weighted by Gasteiger charge is 2.37. The molecule has 1 aromatic rings. The smallest absolute Gasteiger partial charge is 0.331 e. The average molecular weight is 322 g/mol. The number of halogens is 2. The molecule has 2 atom stereocenters. The van der Waals surface area contributed by atoms with E-state index < -0.39 is 17.6 Å². The lowest BCUT2D eigenvalue weighted by molar-refractivity contribution is -0.159. The standard InChI is InChI=1S/C19H24F2O2/c1-3-10-19(11-4-5-14(2)13-19)23-18(22)9-7-15-6-8-16(20)17(21)12-15/h6-9,12,14H,3-5,10-11,13H2,1-2H3. The largest absolute Gasteiger partial charge is 0.456 e. The van der Waals surface area contributed by atoms with E-state index in [1.54, 1.807) is 0 Å². The first kappa shape index (κ1) is 17.6. The van der Waals surface area contributed by atoms with Gasteiger partial charge in [0.25, 0.3) is 0 Å². The van der Waals surface area contributed by atoms with Crippen molar-refractivity contribution in [3.05, 3.63) is 41.5 Å². The lowest BCUT2D eigenvalue weighted by Gasteiger charge is -2.39. The summed E-state index contributed by atoms with van der Waals surface area (Å²) < 4.78 is 31.8. The molecule has 1 fully saturated rings. The third-order valence-electron chi connectivity index (χ3n) is 4.43. The number of ether oxygens (including phenoxy) is 1. The third kappa shape index (κ3) is 4.88. The molecule has 0 aromatic heterocycles. The average Bonchev–Trinajstić information content (AvgIpc) is 2.48. The van der Waals surface area contributed by atoms with E-state index in [0.29, 0.717) is 11.5 Å². The summed E-state index contributed by atoms with van der Waals surface area (Å²) in [6.45, 7) is 4.28. The van der Waals surface area contributed by atoms with Crippen molar-refractivity contribution in [3.8, 4) is 0 Å². The maximum atomic E-state index is 13.2. The van der Waals surface area contributed by atoms with E-state index >= 15 is 0 Å². The van der Waals surface area contributed by atoms with Gasteiger partial charge in [-0.05, 0) is 55.4 Å². The summed E-state index contributed by atoms with van der Waals surface area (Å²) in [5.41, 5.74) is 0.0597. The van der Waals surface area contributed by atoms with Gasteiger partial charge in [0.2, 0.25) is 0 Å². The molecule has 4 heteroatoms. The highest BCUT2D eigenvalue weighted by molar-refractivity contribution is 5.87. The summed E-state index contributed by atoms with van der Waals surface area (Å²) in [4.78, 5) is 12.1. The molecule has 1 aromatic carbocycles. The number of carbonyl (C=O) groups is 1. The second-order valence-corrected chi connectivity index (χ2v) is 6.56. The van der Waals surface area contributed by atoms with E-state index in [4.69, 9.17) is 4.74 Å². The molecular formula is C19H24F2O2. The normalized spacial score (nSPS) is 24.8. The van der Waals surface area contributed by atoms with Gasteiger partial charge in [0.15, 0.2) is 11.6 Å². The molecule has 126 valence electrons. The Morgan fingerprint density at radius 3 is 2.83 bits per heavy atom. The van der Waals surface area contributed by atoms with Crippen molar-refractivity contribution in [3.63, 3.8) is 0 Å². The van der Waals surface area contributed by atoms with Crippen LogP contribution in [0.1, 0.15) is 57.9 Å². The van der Waals surface area contributed by atoms with Crippen molar-refractivity contribution in [1.29, 1.82) is 0 Å². The van der Waals surface area contributed by atoms with Gasteiger partial charge in [0.1, 0.15) is 5.60 Å². The second-order valence-electron chi connectivity index (χ2n) is 6.56. The lowest BCUT2D eigenvalue weighted by atomic mass is 9.76. The zero-order valence-electron chi connectivity index (χ0n) is 13.8. The van der Waals surface area contributed by atoms with Crippen molar-refractivity contribution in [2.45, 2.75) is 58.0 Å². The molecule has 2 rings (SSSR count). The minimum absolute atomic E-state index is 0.373. The zero-order chi connectivity index (χ0) is 16.9. The fourth-order valence-corrected chi connectivity index (χ4v) is 3.47. The monoisotopic (exact) mass is 322 g/mol. The van der Waals surface area contributed by atoms with Crippen molar-refractivity contribution in [2.75, 3.05) is 0 Å². The van der Waals surface area contributed by atoms with Gasteiger partial charge in [-0.25, -0.2) is 13.6 Å². The fraction of sp³-hybridized carbons (Fsp3) is 0.526. The Morgan fingerprint density at radius 1 is 1.39 bits per heavy atom. The van der Waals surface area contributed by atoms with E-state index in [9.17, 15) is 13.6 Å². The summed E-state index contributed by atoms with van der Waals surface area (Å²) in [7, 11) is 0. The molecule has 0 radical (unpaired) electrons. The molecule has 2 unspecified atom stereocenters. The van der Waals surface area contributed by atoms with Crippen LogP contribution in [0.25, 0.3) is 6.08 Å². The summed E-state index contributed by atoms with van der Waals surface area (Å²) in [5, 5.41) is 0. The van der Waals surface area contributed by atoms with Crippen LogP contribution in [0.5, 0.6) is 0 Å². The molecule has 23 heavy (non-hydrogen) atoms. The number of hydrogen-bond acceptors (Lipinski definition) is 2. The van der Waals surface area contributed by atoms with E-state index in [1.807, 2.05) is 0 Å². The summed E-state index contributed by atoms with van der Waals surface area (Å²) in [5.74, 6) is -1.69. The lowest BCUT2D eigenvalue weighted by Crippen LogP contribution is -2.39. The van der Waals surface area contributed by atoms with Crippen LogP contribution < -0.4 is 0 Å². The molecule has 0 amide bonds. The Balaban J connectivity index is 2.03. The Labute approximate surface area is 136 Å². The van der Waals surface area contributed by atoms with Crippen LogP contribution in [0, 0.1) is 17.6 Å². The van der Waals surface area contributed by atoms with E-state index in [0.717, 1.165) is 44.2 Å². The van der Waals surface area contributed by atoms with E-state index in [-0.39, 0.29) is 5.60 Å². The van der Waals surface area contributed by atoms with Gasteiger partial charge in [-0.3, -0.25) is 0 Å². The quantitative estimate of drug-likeness (QED) is 0.545. The van der Waals surface area contributed by atoms with Crippen LogP contribution in [-0.4, -0.2) is 11.6 Å². The molecule has 0 bridgehead atoms. The van der Waals surface area contributed by atoms with Gasteiger partial charge in [0, 0.05) is 6.08 Å². The van der Waals surface area contributed by atoms with Crippen LogP contribution in [0.15, 0.2) is 24.3 Å². The zero-order valence-corrected chi connectivity index (χ0v) is 13.8. The first-order chi connectivity index (χ1) is 10.9. The minimum atomic E-state index is -0.927. The molecule has 1 aliphatic carbocycles. The van der Waals surface area contributed by atoms with Crippen molar-refractivity contribution >= 4 is 12.0 Å². The van der Waals surface area contributed by atoms with Gasteiger partial charge >= 0.3 is 5.97 Å².